The number of nitrogens with zero attached hydrogens (tertiary/aromatic N) is 3. The van der Waals surface area contributed by atoms with Crippen LogP contribution >= 0.6 is 0 Å². The van der Waals surface area contributed by atoms with E-state index in [4.69, 9.17) is 9.97 Å². The summed E-state index contributed by atoms with van der Waals surface area (Å²) in [6.45, 7) is 2.18. The summed E-state index contributed by atoms with van der Waals surface area (Å²) in [4.78, 5) is 10.6. The molecule has 10 aromatic rings. The van der Waals surface area contributed by atoms with Crippen LogP contribution in [-0.4, -0.2) is 14.5 Å². The fourth-order valence-corrected chi connectivity index (χ4v) is 7.56. The van der Waals surface area contributed by atoms with Gasteiger partial charge in [0.05, 0.1) is 22.1 Å². The number of rotatable bonds is 1. The molecule has 8 aromatic carbocycles. The van der Waals surface area contributed by atoms with Gasteiger partial charge in [-0.1, -0.05) is 121 Å². The van der Waals surface area contributed by atoms with Crippen LogP contribution in [0.25, 0.3) is 92.6 Å². The molecule has 2 aromatic heterocycles. The Hall–Kier alpha value is -6.58. The van der Waals surface area contributed by atoms with E-state index in [1.165, 1.54) is 48.7 Å². The van der Waals surface area contributed by atoms with E-state index in [2.05, 4.69) is 181 Å². The smallest absolute Gasteiger partial charge is 0.235 e. The summed E-state index contributed by atoms with van der Waals surface area (Å²) in [6, 6.07) is 61.3. The van der Waals surface area contributed by atoms with E-state index in [0.29, 0.717) is 5.95 Å². The number of benzene rings is 7. The van der Waals surface area contributed by atoms with Gasteiger partial charge in [-0.3, -0.25) is 4.57 Å². The number of hydrogen-bond donors (Lipinski definition) is 0. The summed E-state index contributed by atoms with van der Waals surface area (Å²) in [5.41, 5.74) is 5.16. The minimum atomic E-state index is 0.651. The number of para-hydroxylation sites is 2. The predicted octanol–water partition coefficient (Wildman–Crippen LogP) is 12.5. The molecule has 0 saturated heterocycles. The summed E-state index contributed by atoms with van der Waals surface area (Å²) in [5, 5.41) is 13.9. The van der Waals surface area contributed by atoms with E-state index in [1.54, 1.807) is 0 Å². The molecule has 0 aliphatic rings. The summed E-state index contributed by atoms with van der Waals surface area (Å²) >= 11 is 0. The van der Waals surface area contributed by atoms with Gasteiger partial charge in [0, 0.05) is 21.5 Å². The zero-order valence-electron chi connectivity index (χ0n) is 27.5. The van der Waals surface area contributed by atoms with Crippen molar-refractivity contribution in [2.24, 2.45) is 0 Å². The number of fused-ring (bicyclic) bond motifs is 21. The van der Waals surface area contributed by atoms with Crippen LogP contribution in [0.4, 0.5) is 0 Å². The number of hydrogen-bond acceptors (Lipinski definition) is 2. The van der Waals surface area contributed by atoms with Crippen LogP contribution in [0.2, 0.25) is 0 Å². The molecule has 3 heteroatoms. The molecule has 0 N–H and O–H groups in total. The van der Waals surface area contributed by atoms with Crippen LogP contribution in [-0.2, 0) is 0 Å². The Balaban J connectivity index is 1.41. The molecule has 3 nitrogen and oxygen atoms in total. The van der Waals surface area contributed by atoms with Gasteiger partial charge >= 0.3 is 0 Å². The van der Waals surface area contributed by atoms with Gasteiger partial charge in [-0.2, -0.15) is 0 Å². The second-order valence-corrected chi connectivity index (χ2v) is 13.2. The van der Waals surface area contributed by atoms with E-state index in [0.717, 1.165) is 43.6 Å². The van der Waals surface area contributed by atoms with Crippen molar-refractivity contribution in [1.29, 1.82) is 0 Å². The molecule has 0 unspecified atom stereocenters. The quantitative estimate of drug-likeness (QED) is 0.179. The van der Waals surface area contributed by atoms with E-state index >= 15 is 0 Å². The van der Waals surface area contributed by atoms with Crippen molar-refractivity contribution in [3.63, 3.8) is 0 Å². The highest BCUT2D eigenvalue weighted by atomic mass is 15.2. The van der Waals surface area contributed by atoms with Crippen molar-refractivity contribution in [3.8, 4) is 5.95 Å². The average Bonchev–Trinajstić information content (AvgIpc) is 3.52. The van der Waals surface area contributed by atoms with Gasteiger partial charge in [0.15, 0.2) is 0 Å². The maximum absolute atomic E-state index is 5.32. The van der Waals surface area contributed by atoms with Gasteiger partial charge in [-0.15, -0.1) is 0 Å². The minimum Gasteiger partial charge on any atom is -0.278 e. The van der Waals surface area contributed by atoms with E-state index in [1.807, 2.05) is 0 Å². The molecule has 0 aliphatic carbocycles. The average molecular weight is 638 g/mol. The molecule has 0 atom stereocenters. The number of aryl methyl sites for hydroxylation is 1. The first kappa shape index (κ1) is 28.4. The predicted molar refractivity (Wildman–Crippen MR) is 213 cm³/mol. The summed E-state index contributed by atoms with van der Waals surface area (Å²) in [6.07, 6.45) is 0. The van der Waals surface area contributed by atoms with Crippen LogP contribution in [0.5, 0.6) is 0 Å². The van der Waals surface area contributed by atoms with Crippen molar-refractivity contribution in [1.82, 2.24) is 14.5 Å². The first-order valence-corrected chi connectivity index (χ1v) is 17.1. The van der Waals surface area contributed by atoms with Crippen molar-refractivity contribution >= 4 is 86.7 Å². The van der Waals surface area contributed by atoms with Crippen molar-refractivity contribution in [3.05, 3.63) is 175 Å². The van der Waals surface area contributed by atoms with Crippen molar-refractivity contribution < 1.29 is 0 Å². The van der Waals surface area contributed by atoms with Gasteiger partial charge < -0.3 is 0 Å². The van der Waals surface area contributed by atoms with Gasteiger partial charge in [-0.25, -0.2) is 9.97 Å². The highest BCUT2D eigenvalue weighted by Crippen LogP contribution is 2.32. The maximum atomic E-state index is 5.32. The molecule has 12 bridgehead atoms. The Kier molecular flexibility index (Phi) is 6.40. The second-order valence-electron chi connectivity index (χ2n) is 13.2. The molecule has 0 amide bonds. The van der Waals surface area contributed by atoms with Crippen LogP contribution < -0.4 is 0 Å². The highest BCUT2D eigenvalue weighted by molar-refractivity contribution is 6.09. The zero-order valence-corrected chi connectivity index (χ0v) is 27.5. The molecule has 0 spiro atoms. The molecule has 2 heterocycles. The maximum Gasteiger partial charge on any atom is 0.235 e. The van der Waals surface area contributed by atoms with E-state index in [-0.39, 0.29) is 0 Å². The van der Waals surface area contributed by atoms with Crippen LogP contribution in [0, 0.1) is 6.92 Å². The Labute approximate surface area is 288 Å². The first-order valence-electron chi connectivity index (χ1n) is 17.1. The standard InChI is InChI=1S/C47H31N3/c1-30-22-39-28-40(23-30)36-15-7-11-32(25-36)34-13-9-17-38(27-34)44-29-43(37-16-8-12-33(26-37)31-10-6-14-35(39)24-31)48-47(49-44)50-45-20-4-2-18-41(45)42-19-3-5-21-46(42)50/h2-29H,1H3. The van der Waals surface area contributed by atoms with Gasteiger partial charge in [0.25, 0.3) is 0 Å². The SMILES string of the molecule is Cc1cc2cc(c1)c1cccc(c1)c1cccc(c1)c1cc(nc(-n3c4ccccc4c4ccccc43)n1)c1cccc(c1)c1cccc2c1. The lowest BCUT2D eigenvalue weighted by Crippen LogP contribution is -2.01. The zero-order chi connectivity index (χ0) is 33.2. The Morgan fingerprint density at radius 1 is 0.340 bits per heavy atom. The molecule has 10 rings (SSSR count). The van der Waals surface area contributed by atoms with E-state index < -0.39 is 0 Å². The van der Waals surface area contributed by atoms with Crippen molar-refractivity contribution in [2.45, 2.75) is 6.92 Å². The number of aromatic nitrogens is 3. The van der Waals surface area contributed by atoms with Gasteiger partial charge in [0.2, 0.25) is 5.95 Å². The Morgan fingerprint density at radius 3 is 1.16 bits per heavy atom. The summed E-state index contributed by atoms with van der Waals surface area (Å²) < 4.78 is 2.21. The molecule has 234 valence electrons. The van der Waals surface area contributed by atoms with Gasteiger partial charge in [-0.05, 0) is 104 Å². The van der Waals surface area contributed by atoms with Crippen LogP contribution in [0.3, 0.4) is 0 Å². The molecular formula is C47H31N3. The lowest BCUT2D eigenvalue weighted by atomic mass is 10.0. The third-order valence-electron chi connectivity index (χ3n) is 9.95. The Bertz CT molecular complexity index is 2920. The van der Waals surface area contributed by atoms with Gasteiger partial charge in [0.1, 0.15) is 0 Å². The van der Waals surface area contributed by atoms with E-state index in [9.17, 15) is 0 Å². The van der Waals surface area contributed by atoms with Crippen LogP contribution in [0.15, 0.2) is 170 Å². The molecule has 0 saturated carbocycles. The highest BCUT2D eigenvalue weighted by Gasteiger charge is 2.14. The Morgan fingerprint density at radius 2 is 0.700 bits per heavy atom. The fraction of sp³-hybridized carbons (Fsp3) is 0.0213. The van der Waals surface area contributed by atoms with Crippen molar-refractivity contribution in [2.75, 3.05) is 0 Å². The molecule has 0 aliphatic heterocycles. The molecule has 50 heavy (non-hydrogen) atoms. The third kappa shape index (κ3) is 4.75. The first-order chi connectivity index (χ1) is 24.6. The normalized spacial score (nSPS) is 11.7. The molecular weight excluding hydrogens is 607 g/mol. The van der Waals surface area contributed by atoms with Crippen LogP contribution in [0.1, 0.15) is 5.56 Å². The molecule has 0 radical (unpaired) electrons. The fourth-order valence-electron chi connectivity index (χ4n) is 7.56. The molecule has 0 fully saturated rings. The lowest BCUT2D eigenvalue weighted by molar-refractivity contribution is 1.02. The largest absolute Gasteiger partial charge is 0.278 e. The summed E-state index contributed by atoms with van der Waals surface area (Å²) in [7, 11) is 0. The minimum absolute atomic E-state index is 0.651. The lowest BCUT2D eigenvalue weighted by Gasteiger charge is -2.08. The monoisotopic (exact) mass is 637 g/mol. The third-order valence-corrected chi connectivity index (χ3v) is 9.95. The topological polar surface area (TPSA) is 30.7 Å². The second kappa shape index (κ2) is 11.3. The summed E-state index contributed by atoms with van der Waals surface area (Å²) in [5.74, 6) is 0.651.